The van der Waals surface area contributed by atoms with Gasteiger partial charge in [0.15, 0.2) is 5.78 Å². The van der Waals surface area contributed by atoms with E-state index in [1.54, 1.807) is 12.1 Å². The van der Waals surface area contributed by atoms with Crippen molar-refractivity contribution in [2.45, 2.75) is 12.8 Å². The molecule has 0 radical (unpaired) electrons. The minimum Gasteiger partial charge on any atom is -0.493 e. The molecule has 0 spiro atoms. The number of carbonyl (C=O) groups is 1. The summed E-state index contributed by atoms with van der Waals surface area (Å²) in [4.78, 5) is 12.0. The van der Waals surface area contributed by atoms with Crippen LogP contribution in [0.5, 0.6) is 17.2 Å². The van der Waals surface area contributed by atoms with Crippen molar-refractivity contribution in [2.75, 3.05) is 6.61 Å². The van der Waals surface area contributed by atoms with E-state index in [1.165, 1.54) is 0 Å². The van der Waals surface area contributed by atoms with Gasteiger partial charge in [-0.2, -0.15) is 0 Å². The Morgan fingerprint density at radius 3 is 2.68 bits per heavy atom. The molecule has 0 saturated heterocycles. The van der Waals surface area contributed by atoms with Crippen molar-refractivity contribution in [1.29, 1.82) is 0 Å². The lowest BCUT2D eigenvalue weighted by Crippen LogP contribution is -1.98. The molecule has 1 heterocycles. The van der Waals surface area contributed by atoms with E-state index < -0.39 is 0 Å². The van der Waals surface area contributed by atoms with Crippen LogP contribution in [0.25, 0.3) is 0 Å². The first-order valence-electron chi connectivity index (χ1n) is 6.36. The first-order valence-corrected chi connectivity index (χ1v) is 6.36. The highest BCUT2D eigenvalue weighted by Crippen LogP contribution is 2.30. The molecule has 3 nitrogen and oxygen atoms in total. The lowest BCUT2D eigenvalue weighted by atomic mass is 10.1. The molecular weight excluding hydrogens is 240 g/mol. The smallest absolute Gasteiger partial charge is 0.166 e. The fourth-order valence-corrected chi connectivity index (χ4v) is 2.09. The Hall–Kier alpha value is -2.29. The van der Waals surface area contributed by atoms with Crippen LogP contribution in [0, 0.1) is 0 Å². The van der Waals surface area contributed by atoms with E-state index in [9.17, 15) is 4.79 Å². The van der Waals surface area contributed by atoms with Crippen molar-refractivity contribution in [3.63, 3.8) is 0 Å². The summed E-state index contributed by atoms with van der Waals surface area (Å²) in [6, 6.07) is 14.9. The molecule has 0 aliphatic carbocycles. The van der Waals surface area contributed by atoms with Gasteiger partial charge in [-0.25, -0.2) is 0 Å². The molecule has 0 atom stereocenters. The second-order valence-electron chi connectivity index (χ2n) is 4.45. The highest BCUT2D eigenvalue weighted by molar-refractivity contribution is 5.99. The Morgan fingerprint density at radius 1 is 1.00 bits per heavy atom. The number of ketones is 1. The van der Waals surface area contributed by atoms with Crippen LogP contribution in [0.1, 0.15) is 23.2 Å². The average molecular weight is 254 g/mol. The monoisotopic (exact) mass is 254 g/mol. The van der Waals surface area contributed by atoms with Crippen molar-refractivity contribution in [1.82, 2.24) is 0 Å². The number of hydrogen-bond donors (Lipinski definition) is 0. The lowest BCUT2D eigenvalue weighted by Gasteiger charge is -2.09. The summed E-state index contributed by atoms with van der Waals surface area (Å²) in [5.74, 6) is 2.18. The molecule has 0 fully saturated rings. The van der Waals surface area contributed by atoms with Gasteiger partial charge >= 0.3 is 0 Å². The summed E-state index contributed by atoms with van der Waals surface area (Å²) >= 11 is 0. The van der Waals surface area contributed by atoms with Gasteiger partial charge < -0.3 is 9.47 Å². The predicted octanol–water partition coefficient (Wildman–Crippen LogP) is 3.83. The first kappa shape index (κ1) is 11.8. The van der Waals surface area contributed by atoms with E-state index in [-0.39, 0.29) is 5.78 Å². The van der Waals surface area contributed by atoms with E-state index in [2.05, 4.69) is 0 Å². The van der Waals surface area contributed by atoms with Gasteiger partial charge in [-0.05, 0) is 36.8 Å². The standard InChI is InChI=1S/C16H14O3/c17-15-7-4-10-18-16-9-8-13(11-14(15)16)19-12-5-2-1-3-6-12/h1-3,5-6,8-9,11H,4,7,10H2. The second-order valence-corrected chi connectivity index (χ2v) is 4.45. The number of carbonyl (C=O) groups excluding carboxylic acids is 1. The molecule has 3 heteroatoms. The average Bonchev–Trinajstić information content (AvgIpc) is 2.62. The number of para-hydroxylation sites is 1. The predicted molar refractivity (Wildman–Crippen MR) is 72.0 cm³/mol. The molecule has 2 aromatic rings. The van der Waals surface area contributed by atoms with Gasteiger partial charge in [0.1, 0.15) is 17.2 Å². The Balaban J connectivity index is 1.90. The van der Waals surface area contributed by atoms with Crippen molar-refractivity contribution < 1.29 is 14.3 Å². The van der Waals surface area contributed by atoms with Crippen LogP contribution < -0.4 is 9.47 Å². The van der Waals surface area contributed by atoms with Crippen LogP contribution in [0.3, 0.4) is 0 Å². The van der Waals surface area contributed by atoms with Crippen LogP contribution >= 0.6 is 0 Å². The fraction of sp³-hybridized carbons (Fsp3) is 0.188. The normalized spacial score (nSPS) is 14.2. The third kappa shape index (κ3) is 2.60. The minimum atomic E-state index is 0.117. The zero-order chi connectivity index (χ0) is 13.1. The lowest BCUT2D eigenvalue weighted by molar-refractivity contribution is 0.0983. The first-order chi connectivity index (χ1) is 9.33. The van der Waals surface area contributed by atoms with E-state index >= 15 is 0 Å². The third-order valence-electron chi connectivity index (χ3n) is 3.04. The summed E-state index contributed by atoms with van der Waals surface area (Å²) in [6.07, 6.45) is 1.30. The molecule has 0 unspecified atom stereocenters. The van der Waals surface area contributed by atoms with E-state index in [4.69, 9.17) is 9.47 Å². The maximum Gasteiger partial charge on any atom is 0.166 e. The molecule has 0 amide bonds. The van der Waals surface area contributed by atoms with Gasteiger partial charge in [0.25, 0.3) is 0 Å². The third-order valence-corrected chi connectivity index (χ3v) is 3.04. The molecule has 0 saturated carbocycles. The number of ether oxygens (including phenoxy) is 2. The van der Waals surface area contributed by atoms with Crippen molar-refractivity contribution in [3.05, 3.63) is 54.1 Å². The zero-order valence-corrected chi connectivity index (χ0v) is 10.5. The van der Waals surface area contributed by atoms with Crippen LogP contribution in [0.4, 0.5) is 0 Å². The second kappa shape index (κ2) is 5.14. The highest BCUT2D eigenvalue weighted by atomic mass is 16.5. The molecule has 19 heavy (non-hydrogen) atoms. The van der Waals surface area contributed by atoms with Gasteiger partial charge in [-0.15, -0.1) is 0 Å². The molecule has 3 rings (SSSR count). The molecule has 0 N–H and O–H groups in total. The number of rotatable bonds is 2. The van der Waals surface area contributed by atoms with Crippen LogP contribution in [0.2, 0.25) is 0 Å². The topological polar surface area (TPSA) is 35.5 Å². The van der Waals surface area contributed by atoms with E-state index in [0.717, 1.165) is 12.2 Å². The van der Waals surface area contributed by atoms with Gasteiger partial charge in [-0.3, -0.25) is 4.79 Å². The van der Waals surface area contributed by atoms with Crippen LogP contribution in [0.15, 0.2) is 48.5 Å². The minimum absolute atomic E-state index is 0.117. The fourth-order valence-electron chi connectivity index (χ4n) is 2.09. The van der Waals surface area contributed by atoms with Gasteiger partial charge in [0, 0.05) is 6.42 Å². The maximum atomic E-state index is 12.0. The van der Waals surface area contributed by atoms with Crippen molar-refractivity contribution in [2.24, 2.45) is 0 Å². The SMILES string of the molecule is O=C1CCCOc2ccc(Oc3ccccc3)cc21. The van der Waals surface area contributed by atoms with Crippen molar-refractivity contribution in [3.8, 4) is 17.2 Å². The summed E-state index contributed by atoms with van der Waals surface area (Å²) in [7, 11) is 0. The molecule has 1 aliphatic heterocycles. The highest BCUT2D eigenvalue weighted by Gasteiger charge is 2.17. The van der Waals surface area contributed by atoms with Gasteiger partial charge in [-0.1, -0.05) is 18.2 Å². The quantitative estimate of drug-likeness (QED) is 0.817. The van der Waals surface area contributed by atoms with E-state index in [1.807, 2.05) is 36.4 Å². The van der Waals surface area contributed by atoms with Crippen molar-refractivity contribution >= 4 is 5.78 Å². The molecule has 0 aromatic heterocycles. The molecule has 96 valence electrons. The van der Waals surface area contributed by atoms with E-state index in [0.29, 0.717) is 30.1 Å². The Morgan fingerprint density at radius 2 is 1.84 bits per heavy atom. The summed E-state index contributed by atoms with van der Waals surface area (Å²) in [6.45, 7) is 0.595. The Bertz CT molecular complexity index is 590. The van der Waals surface area contributed by atoms with Gasteiger partial charge in [0.2, 0.25) is 0 Å². The Labute approximate surface area is 111 Å². The zero-order valence-electron chi connectivity index (χ0n) is 10.5. The van der Waals surface area contributed by atoms with Crippen LogP contribution in [-0.4, -0.2) is 12.4 Å². The van der Waals surface area contributed by atoms with Crippen LogP contribution in [-0.2, 0) is 0 Å². The molecule has 2 aromatic carbocycles. The number of Topliss-reactive ketones (excluding diaryl/α,β-unsaturated/α-hetero) is 1. The Kier molecular flexibility index (Phi) is 3.19. The molecule has 0 bridgehead atoms. The maximum absolute atomic E-state index is 12.0. The largest absolute Gasteiger partial charge is 0.493 e. The number of hydrogen-bond acceptors (Lipinski definition) is 3. The number of fused-ring (bicyclic) bond motifs is 1. The summed E-state index contributed by atoms with van der Waals surface area (Å²) in [5, 5.41) is 0. The summed E-state index contributed by atoms with van der Waals surface area (Å²) < 4.78 is 11.3. The van der Waals surface area contributed by atoms with Gasteiger partial charge in [0.05, 0.1) is 12.2 Å². The number of benzene rings is 2. The molecule has 1 aliphatic rings. The summed E-state index contributed by atoms with van der Waals surface area (Å²) in [5.41, 5.74) is 0.617. The molecular formula is C16H14O3.